The van der Waals surface area contributed by atoms with Crippen molar-refractivity contribution >= 4 is 11.4 Å². The van der Waals surface area contributed by atoms with Crippen LogP contribution in [0.4, 0.5) is 46.5 Å². The van der Waals surface area contributed by atoms with Crippen LogP contribution in [0, 0.1) is 82.3 Å². The Kier molecular flexibility index (Phi) is 11.1. The molecule has 4 aromatic carbocycles. The lowest BCUT2D eigenvalue weighted by Gasteiger charge is -2.33. The van der Waals surface area contributed by atoms with Crippen LogP contribution in [-0.2, 0) is 5.41 Å². The first kappa shape index (κ1) is 42.6. The average Bonchev–Trinajstić information content (AvgIpc) is 3.30. The molecule has 0 aliphatic heterocycles. The van der Waals surface area contributed by atoms with Crippen molar-refractivity contribution in [2.45, 2.75) is 5.41 Å². The number of hydrogen-bond donors (Lipinski definition) is 0. The molecule has 4 heterocycles. The molecular formula is C49H20F8N8. The maximum absolute atomic E-state index is 15.9. The number of pyridine rings is 4. The van der Waals surface area contributed by atoms with E-state index in [1.165, 1.54) is 84.9 Å². The molecule has 0 saturated heterocycles. The molecule has 16 heteroatoms. The molecule has 0 N–H and O–H groups in total. The van der Waals surface area contributed by atoms with E-state index < -0.39 is 74.5 Å². The van der Waals surface area contributed by atoms with Gasteiger partial charge in [0.15, 0.2) is 11.6 Å². The van der Waals surface area contributed by atoms with Crippen molar-refractivity contribution in [3.8, 4) is 57.2 Å². The summed E-state index contributed by atoms with van der Waals surface area (Å²) < 4.78 is 122. The second-order valence-corrected chi connectivity index (χ2v) is 13.9. The fourth-order valence-electron chi connectivity index (χ4n) is 7.35. The Morgan fingerprint density at radius 2 is 0.662 bits per heavy atom. The SMILES string of the molecule is [C-]#[N+]c1c(F)ccc(-c2cccc(C(c3cccc(-c4ccc(F)c(C#N)c4F)n3)(c3cccc(-c4ccc(F)c(C#N)c4F)n3)c3cccc(-c4ccc(F)c([N+]#[C-])c4F)n3)n2)c1F. The Labute approximate surface area is 363 Å². The van der Waals surface area contributed by atoms with Gasteiger partial charge >= 0.3 is 0 Å². The lowest BCUT2D eigenvalue weighted by molar-refractivity contribution is 0.578. The summed E-state index contributed by atoms with van der Waals surface area (Å²) in [6, 6.07) is 27.2. The van der Waals surface area contributed by atoms with Crippen LogP contribution in [0.2, 0.25) is 0 Å². The van der Waals surface area contributed by atoms with Gasteiger partial charge in [-0.25, -0.2) is 44.8 Å². The molecule has 0 fully saturated rings. The monoisotopic (exact) mass is 872 g/mol. The minimum atomic E-state index is -2.20. The van der Waals surface area contributed by atoms with Gasteiger partial charge in [-0.15, -0.1) is 0 Å². The Morgan fingerprint density at radius 1 is 0.385 bits per heavy atom. The predicted octanol–water partition coefficient (Wildman–Crippen LogP) is 12.3. The number of rotatable bonds is 8. The summed E-state index contributed by atoms with van der Waals surface area (Å²) in [6.45, 7) is 14.8. The van der Waals surface area contributed by atoms with Gasteiger partial charge in [0.1, 0.15) is 63.6 Å². The van der Waals surface area contributed by atoms with Gasteiger partial charge in [0, 0.05) is 22.3 Å². The number of hydrogen-bond acceptors (Lipinski definition) is 6. The van der Waals surface area contributed by atoms with E-state index in [0.29, 0.717) is 0 Å². The average molecular weight is 873 g/mol. The van der Waals surface area contributed by atoms with E-state index in [1.54, 1.807) is 0 Å². The fourth-order valence-corrected chi connectivity index (χ4v) is 7.35. The third kappa shape index (κ3) is 7.11. The highest BCUT2D eigenvalue weighted by Crippen LogP contribution is 2.45. The Hall–Kier alpha value is -9.12. The maximum atomic E-state index is 15.9. The highest BCUT2D eigenvalue weighted by atomic mass is 19.2. The second-order valence-electron chi connectivity index (χ2n) is 13.9. The Morgan fingerprint density at radius 3 is 0.938 bits per heavy atom. The standard InChI is InChI=1S/C49H20F8N8/c1-60-47-33(52)21-17-27(45(47)56)37-9-5-13-41(64-37)49(39-11-3-7-35(62-39)25-15-19-31(50)29(23-58)43(25)54,40-12-4-8-36(63-40)26-16-20-32(51)30(24-59)44(26)55)42-14-6-10-38(65-42)28-18-22-34(53)48(61-2)46(28)57/h3-22H. The highest BCUT2D eigenvalue weighted by molar-refractivity contribution is 5.72. The van der Waals surface area contributed by atoms with E-state index in [9.17, 15) is 28.1 Å². The van der Waals surface area contributed by atoms with Crippen molar-refractivity contribution in [2.24, 2.45) is 0 Å². The van der Waals surface area contributed by atoms with Crippen LogP contribution in [0.1, 0.15) is 33.9 Å². The predicted molar refractivity (Wildman–Crippen MR) is 219 cm³/mol. The van der Waals surface area contributed by atoms with Crippen molar-refractivity contribution in [3.63, 3.8) is 0 Å². The molecule has 0 unspecified atom stereocenters. The van der Waals surface area contributed by atoms with Gasteiger partial charge in [-0.2, -0.15) is 10.5 Å². The minimum absolute atomic E-state index is 0.141. The second kappa shape index (κ2) is 17.0. The van der Waals surface area contributed by atoms with E-state index in [4.69, 9.17) is 33.1 Å². The molecule has 8 nitrogen and oxygen atoms in total. The zero-order valence-corrected chi connectivity index (χ0v) is 32.6. The highest BCUT2D eigenvalue weighted by Gasteiger charge is 2.45. The van der Waals surface area contributed by atoms with Gasteiger partial charge in [-0.05, 0) is 97.1 Å². The molecule has 65 heavy (non-hydrogen) atoms. The third-order valence-corrected chi connectivity index (χ3v) is 10.4. The van der Waals surface area contributed by atoms with E-state index >= 15 is 17.6 Å². The summed E-state index contributed by atoms with van der Waals surface area (Å²) in [5.41, 5.74) is -8.59. The van der Waals surface area contributed by atoms with Crippen LogP contribution in [0.25, 0.3) is 54.7 Å². The van der Waals surface area contributed by atoms with Gasteiger partial charge in [0.25, 0.3) is 11.4 Å². The van der Waals surface area contributed by atoms with Crippen LogP contribution < -0.4 is 0 Å². The fraction of sp³-hybridized carbons (Fsp3) is 0.0204. The van der Waals surface area contributed by atoms with E-state index in [1.807, 2.05) is 0 Å². The van der Waals surface area contributed by atoms with Gasteiger partial charge in [0.05, 0.1) is 58.7 Å². The van der Waals surface area contributed by atoms with Gasteiger partial charge < -0.3 is 0 Å². The molecule has 4 aromatic heterocycles. The van der Waals surface area contributed by atoms with Crippen molar-refractivity contribution in [3.05, 3.63) is 225 Å². The lowest BCUT2D eigenvalue weighted by Crippen LogP contribution is -2.35. The molecule has 0 saturated carbocycles. The molecule has 8 aromatic rings. The maximum Gasteiger partial charge on any atom is 0.257 e. The molecule has 0 amide bonds. The smallest absolute Gasteiger partial charge is 0.251 e. The largest absolute Gasteiger partial charge is 0.257 e. The van der Waals surface area contributed by atoms with Gasteiger partial charge in [-0.3, -0.25) is 19.9 Å². The number of halogens is 8. The molecule has 8 rings (SSSR count). The lowest BCUT2D eigenvalue weighted by atomic mass is 9.73. The van der Waals surface area contributed by atoms with Gasteiger partial charge in [0.2, 0.25) is 0 Å². The molecule has 0 aliphatic rings. The van der Waals surface area contributed by atoms with Crippen LogP contribution in [0.5, 0.6) is 0 Å². The molecule has 0 radical (unpaired) electrons. The Balaban J connectivity index is 1.53. The normalized spacial score (nSPS) is 11.0. The van der Waals surface area contributed by atoms with Crippen LogP contribution in [0.3, 0.4) is 0 Å². The summed E-state index contributed by atoms with van der Waals surface area (Å²) in [4.78, 5) is 25.2. The first-order valence-electron chi connectivity index (χ1n) is 18.8. The van der Waals surface area contributed by atoms with Crippen molar-refractivity contribution in [2.75, 3.05) is 0 Å². The van der Waals surface area contributed by atoms with E-state index in [0.717, 1.165) is 48.5 Å². The van der Waals surface area contributed by atoms with Crippen LogP contribution in [-0.4, -0.2) is 19.9 Å². The van der Waals surface area contributed by atoms with Gasteiger partial charge in [-0.1, -0.05) is 24.3 Å². The minimum Gasteiger partial charge on any atom is -0.251 e. The van der Waals surface area contributed by atoms with E-state index in [-0.39, 0.29) is 67.8 Å². The summed E-state index contributed by atoms with van der Waals surface area (Å²) in [7, 11) is 0. The Bertz CT molecular complexity index is 3000. The molecule has 312 valence electrons. The first-order chi connectivity index (χ1) is 31.4. The topological polar surface area (TPSA) is 108 Å². The summed E-state index contributed by atoms with van der Waals surface area (Å²) in [6.07, 6.45) is 0. The molecule has 0 bridgehead atoms. The number of nitriles is 2. The summed E-state index contributed by atoms with van der Waals surface area (Å²) >= 11 is 0. The van der Waals surface area contributed by atoms with Crippen LogP contribution in [0.15, 0.2) is 121 Å². The number of benzene rings is 4. The van der Waals surface area contributed by atoms with Crippen molar-refractivity contribution < 1.29 is 35.1 Å². The van der Waals surface area contributed by atoms with E-state index in [2.05, 4.69) is 9.69 Å². The number of nitrogens with zero attached hydrogens (tertiary/aromatic N) is 8. The third-order valence-electron chi connectivity index (χ3n) is 10.4. The molecule has 0 spiro atoms. The zero-order valence-electron chi connectivity index (χ0n) is 32.6. The first-order valence-corrected chi connectivity index (χ1v) is 18.8. The van der Waals surface area contributed by atoms with Crippen molar-refractivity contribution in [1.29, 1.82) is 10.5 Å². The molecule has 0 atom stereocenters. The van der Waals surface area contributed by atoms with Crippen molar-refractivity contribution in [1.82, 2.24) is 19.9 Å². The molecular weight excluding hydrogens is 853 g/mol. The zero-order chi connectivity index (χ0) is 46.2. The summed E-state index contributed by atoms with van der Waals surface area (Å²) in [5, 5.41) is 19.2. The number of aromatic nitrogens is 4. The molecule has 0 aliphatic carbocycles. The quantitative estimate of drug-likeness (QED) is 0.111. The van der Waals surface area contributed by atoms with Crippen LogP contribution >= 0.6 is 0 Å². The summed E-state index contributed by atoms with van der Waals surface area (Å²) in [5.74, 6) is -9.68.